The van der Waals surface area contributed by atoms with Crippen molar-refractivity contribution >= 4 is 35.1 Å². The number of hydrogen-bond donors (Lipinski definition) is 2. The molecule has 0 radical (unpaired) electrons. The zero-order chi connectivity index (χ0) is 20.8. The molecule has 2 amide bonds. The van der Waals surface area contributed by atoms with Crippen LogP contribution in [-0.4, -0.2) is 21.8 Å². The first-order valence-electron chi connectivity index (χ1n) is 8.80. The van der Waals surface area contributed by atoms with Crippen molar-refractivity contribution in [2.45, 2.75) is 24.6 Å². The second-order valence-corrected chi connectivity index (χ2v) is 7.26. The fourth-order valence-corrected chi connectivity index (χ4v) is 3.45. The first kappa shape index (κ1) is 20.5. The van der Waals surface area contributed by atoms with E-state index in [2.05, 4.69) is 20.6 Å². The Kier molecular flexibility index (Phi) is 6.56. The molecule has 3 aromatic rings. The number of aryl methyl sites for hydroxylation is 1. The second kappa shape index (κ2) is 9.29. The van der Waals surface area contributed by atoms with Crippen LogP contribution in [0.15, 0.2) is 59.9 Å². The topological polar surface area (TPSA) is 84.0 Å². The van der Waals surface area contributed by atoms with Gasteiger partial charge >= 0.3 is 0 Å². The summed E-state index contributed by atoms with van der Waals surface area (Å²) in [4.78, 5) is 32.2. The van der Waals surface area contributed by atoms with Crippen LogP contribution in [-0.2, 0) is 10.5 Å². The number of hydrogen-bond acceptors (Lipinski definition) is 5. The number of anilines is 2. The smallest absolute Gasteiger partial charge is 0.258 e. The summed E-state index contributed by atoms with van der Waals surface area (Å²) in [5.41, 5.74) is 2.21. The van der Waals surface area contributed by atoms with Crippen LogP contribution in [0.3, 0.4) is 0 Å². The predicted molar refractivity (Wildman–Crippen MR) is 111 cm³/mol. The highest BCUT2D eigenvalue weighted by Gasteiger charge is 2.14. The third kappa shape index (κ3) is 5.61. The van der Waals surface area contributed by atoms with E-state index in [1.165, 1.54) is 24.8 Å². The molecule has 2 N–H and O–H groups in total. The van der Waals surface area contributed by atoms with Crippen LogP contribution >= 0.6 is 11.8 Å². The molecule has 0 unspecified atom stereocenters. The molecular weight excluding hydrogens is 391 g/mol. The SMILES string of the molecule is CC(=O)Nc1cc(CSc2ncccc2C(=O)Nc2ccc(C)c(F)c2)ccn1. The Morgan fingerprint density at radius 2 is 1.90 bits per heavy atom. The van der Waals surface area contributed by atoms with E-state index in [0.29, 0.717) is 33.4 Å². The number of carbonyl (C=O) groups is 2. The van der Waals surface area contributed by atoms with Crippen LogP contribution in [0.2, 0.25) is 0 Å². The standard InChI is InChI=1S/C21H19FN4O2S/c1-13-5-6-16(11-18(13)22)26-20(28)17-4-3-8-24-21(17)29-12-15-7-9-23-19(10-15)25-14(2)27/h3-11H,12H2,1-2H3,(H,26,28)(H,23,25,27). The highest BCUT2D eigenvalue weighted by molar-refractivity contribution is 7.98. The van der Waals surface area contributed by atoms with E-state index in [4.69, 9.17) is 0 Å². The lowest BCUT2D eigenvalue weighted by molar-refractivity contribution is -0.114. The molecule has 3 rings (SSSR count). The van der Waals surface area contributed by atoms with Gasteiger partial charge in [0.25, 0.3) is 5.91 Å². The van der Waals surface area contributed by atoms with Crippen molar-refractivity contribution in [3.05, 3.63) is 77.4 Å². The van der Waals surface area contributed by atoms with Crippen molar-refractivity contribution in [3.63, 3.8) is 0 Å². The molecule has 0 bridgehead atoms. The summed E-state index contributed by atoms with van der Waals surface area (Å²) in [6.07, 6.45) is 3.22. The average molecular weight is 410 g/mol. The van der Waals surface area contributed by atoms with Crippen molar-refractivity contribution < 1.29 is 14.0 Å². The molecule has 0 aliphatic heterocycles. The fourth-order valence-electron chi connectivity index (χ4n) is 2.51. The van der Waals surface area contributed by atoms with Crippen molar-refractivity contribution in [2.75, 3.05) is 10.6 Å². The summed E-state index contributed by atoms with van der Waals surface area (Å²) in [5, 5.41) is 5.90. The molecule has 2 heterocycles. The fraction of sp³-hybridized carbons (Fsp3) is 0.143. The lowest BCUT2D eigenvalue weighted by Crippen LogP contribution is -2.14. The Labute approximate surface area is 172 Å². The second-order valence-electron chi connectivity index (χ2n) is 6.29. The van der Waals surface area contributed by atoms with Crippen molar-refractivity contribution in [2.24, 2.45) is 0 Å². The van der Waals surface area contributed by atoms with Crippen molar-refractivity contribution in [1.29, 1.82) is 0 Å². The third-order valence-electron chi connectivity index (χ3n) is 3.95. The van der Waals surface area contributed by atoms with Crippen LogP contribution in [0.1, 0.15) is 28.4 Å². The van der Waals surface area contributed by atoms with E-state index in [1.54, 1.807) is 49.6 Å². The van der Waals surface area contributed by atoms with Gasteiger partial charge in [0.2, 0.25) is 5.91 Å². The van der Waals surface area contributed by atoms with E-state index in [9.17, 15) is 14.0 Å². The number of thioether (sulfide) groups is 1. The van der Waals surface area contributed by atoms with Gasteiger partial charge in [-0.05, 0) is 54.4 Å². The summed E-state index contributed by atoms with van der Waals surface area (Å²) >= 11 is 1.39. The van der Waals surface area contributed by atoms with Gasteiger partial charge in [0.05, 0.1) is 5.56 Å². The number of nitrogens with zero attached hydrogens (tertiary/aromatic N) is 2. The quantitative estimate of drug-likeness (QED) is 0.588. The largest absolute Gasteiger partial charge is 0.322 e. The third-order valence-corrected chi connectivity index (χ3v) is 5.03. The zero-order valence-corrected chi connectivity index (χ0v) is 16.7. The van der Waals surface area contributed by atoms with Crippen LogP contribution < -0.4 is 10.6 Å². The number of carbonyl (C=O) groups excluding carboxylic acids is 2. The molecule has 0 aliphatic rings. The Bertz CT molecular complexity index is 1060. The molecule has 0 saturated heterocycles. The minimum atomic E-state index is -0.378. The van der Waals surface area contributed by atoms with Gasteiger partial charge < -0.3 is 10.6 Å². The van der Waals surface area contributed by atoms with Gasteiger partial charge in [0.15, 0.2) is 0 Å². The molecular formula is C21H19FN4O2S. The molecule has 0 saturated carbocycles. The molecule has 2 aromatic heterocycles. The van der Waals surface area contributed by atoms with E-state index in [1.807, 2.05) is 6.07 Å². The minimum Gasteiger partial charge on any atom is -0.322 e. The molecule has 0 atom stereocenters. The lowest BCUT2D eigenvalue weighted by Gasteiger charge is -2.10. The van der Waals surface area contributed by atoms with Crippen molar-refractivity contribution in [3.8, 4) is 0 Å². The monoisotopic (exact) mass is 410 g/mol. The number of pyridine rings is 2. The normalized spacial score (nSPS) is 10.4. The maximum Gasteiger partial charge on any atom is 0.258 e. The van der Waals surface area contributed by atoms with Gasteiger partial charge in [-0.25, -0.2) is 14.4 Å². The summed E-state index contributed by atoms with van der Waals surface area (Å²) in [6.45, 7) is 3.08. The summed E-state index contributed by atoms with van der Waals surface area (Å²) in [6, 6.07) is 11.5. The Hall–Kier alpha value is -3.26. The van der Waals surface area contributed by atoms with Gasteiger partial charge in [-0.3, -0.25) is 9.59 Å². The molecule has 29 heavy (non-hydrogen) atoms. The molecule has 0 spiro atoms. The molecule has 148 valence electrons. The van der Waals surface area contributed by atoms with Gasteiger partial charge in [0.1, 0.15) is 16.7 Å². The summed E-state index contributed by atoms with van der Waals surface area (Å²) in [5.74, 6) is 0.0641. The first-order valence-corrected chi connectivity index (χ1v) is 9.79. The number of rotatable bonds is 6. The van der Waals surface area contributed by atoms with Gasteiger partial charge in [-0.15, -0.1) is 11.8 Å². The van der Waals surface area contributed by atoms with Gasteiger partial charge in [-0.1, -0.05) is 6.07 Å². The Morgan fingerprint density at radius 3 is 2.66 bits per heavy atom. The number of nitrogens with one attached hydrogen (secondary N) is 2. The number of benzene rings is 1. The number of halogens is 1. The molecule has 6 nitrogen and oxygen atoms in total. The number of aromatic nitrogens is 2. The lowest BCUT2D eigenvalue weighted by atomic mass is 10.2. The molecule has 0 fully saturated rings. The van der Waals surface area contributed by atoms with Gasteiger partial charge in [0, 0.05) is 30.8 Å². The zero-order valence-electron chi connectivity index (χ0n) is 15.9. The minimum absolute atomic E-state index is 0.196. The Morgan fingerprint density at radius 1 is 1.07 bits per heavy atom. The van der Waals surface area contributed by atoms with E-state index < -0.39 is 0 Å². The van der Waals surface area contributed by atoms with Crippen LogP contribution in [0.5, 0.6) is 0 Å². The van der Waals surface area contributed by atoms with E-state index in [-0.39, 0.29) is 17.6 Å². The maximum atomic E-state index is 13.7. The Balaban J connectivity index is 1.72. The molecule has 1 aromatic carbocycles. The highest BCUT2D eigenvalue weighted by atomic mass is 32.2. The number of amides is 2. The summed E-state index contributed by atoms with van der Waals surface area (Å²) < 4.78 is 13.7. The van der Waals surface area contributed by atoms with Crippen LogP contribution in [0, 0.1) is 12.7 Å². The molecule has 0 aliphatic carbocycles. The first-order chi connectivity index (χ1) is 13.9. The highest BCUT2D eigenvalue weighted by Crippen LogP contribution is 2.26. The maximum absolute atomic E-state index is 13.7. The van der Waals surface area contributed by atoms with E-state index in [0.717, 1.165) is 5.56 Å². The van der Waals surface area contributed by atoms with Gasteiger partial charge in [-0.2, -0.15) is 0 Å². The van der Waals surface area contributed by atoms with E-state index >= 15 is 0 Å². The van der Waals surface area contributed by atoms with Crippen molar-refractivity contribution in [1.82, 2.24) is 9.97 Å². The molecule has 8 heteroatoms. The van der Waals surface area contributed by atoms with Crippen LogP contribution in [0.25, 0.3) is 0 Å². The average Bonchev–Trinajstić information content (AvgIpc) is 2.69. The van der Waals surface area contributed by atoms with Crippen LogP contribution in [0.4, 0.5) is 15.9 Å². The summed E-state index contributed by atoms with van der Waals surface area (Å²) in [7, 11) is 0. The predicted octanol–water partition coefficient (Wildman–Crippen LogP) is 4.43.